The van der Waals surface area contributed by atoms with Gasteiger partial charge in [-0.25, -0.2) is 4.57 Å². The van der Waals surface area contributed by atoms with Gasteiger partial charge in [0.1, 0.15) is 6.61 Å². The van der Waals surface area contributed by atoms with Crippen LogP contribution >= 0.6 is 7.82 Å². The Labute approximate surface area is 406 Å². The number of nitrogens with one attached hydrogen (secondary N) is 1. The third-order valence-corrected chi connectivity index (χ3v) is 13.1. The van der Waals surface area contributed by atoms with Crippen LogP contribution in [0.4, 0.5) is 0 Å². The van der Waals surface area contributed by atoms with Crippen LogP contribution in [-0.2, 0) is 37.5 Å². The summed E-state index contributed by atoms with van der Waals surface area (Å²) in [5.74, 6) is -0.993. The molecule has 66 heavy (non-hydrogen) atoms. The maximum absolute atomic E-state index is 12.8. The average Bonchev–Trinajstić information content (AvgIpc) is 3.30. The monoisotopic (exact) mass is 954 g/mol. The van der Waals surface area contributed by atoms with Crippen molar-refractivity contribution in [3.05, 3.63) is 24.3 Å². The molecule has 2 N–H and O–H groups in total. The summed E-state index contributed by atoms with van der Waals surface area (Å²) in [4.78, 5) is 48.1. The van der Waals surface area contributed by atoms with Gasteiger partial charge in [-0.05, 0) is 70.6 Å². The lowest BCUT2D eigenvalue weighted by molar-refractivity contribution is -0.161. The zero-order chi connectivity index (χ0) is 48.3. The van der Waals surface area contributed by atoms with Gasteiger partial charge >= 0.3 is 19.8 Å². The second-order valence-electron chi connectivity index (χ2n) is 18.7. The molecule has 0 aliphatic carbocycles. The minimum absolute atomic E-state index is 0.0626. The van der Waals surface area contributed by atoms with E-state index in [1.54, 1.807) is 0 Å². The van der Waals surface area contributed by atoms with Gasteiger partial charge in [-0.1, -0.05) is 212 Å². The maximum Gasteiger partial charge on any atom is 0.472 e. The SMILES string of the molecule is CCCCCCCC/C=C\CCCCCCCC(=O)OC[C@H](COP(=O)(O)OCCNC(=O)CCCCCCCCCCCCC)OC(=O)CCCCCCC/C=C\CCCCCCCC. The van der Waals surface area contributed by atoms with Crippen LogP contribution in [0.1, 0.15) is 278 Å². The Hall–Kier alpha value is -2.00. The summed E-state index contributed by atoms with van der Waals surface area (Å²) in [7, 11) is -4.54. The first-order valence-corrected chi connectivity index (χ1v) is 29.3. The molecule has 0 saturated heterocycles. The van der Waals surface area contributed by atoms with Crippen LogP contribution in [0, 0.1) is 0 Å². The molecule has 0 aromatic heterocycles. The van der Waals surface area contributed by atoms with E-state index in [-0.39, 0.29) is 38.5 Å². The van der Waals surface area contributed by atoms with Crippen LogP contribution in [0.25, 0.3) is 0 Å². The lowest BCUT2D eigenvalue weighted by atomic mass is 10.1. The van der Waals surface area contributed by atoms with Crippen LogP contribution in [0.15, 0.2) is 24.3 Å². The van der Waals surface area contributed by atoms with E-state index in [0.29, 0.717) is 19.3 Å². The average molecular weight is 954 g/mol. The van der Waals surface area contributed by atoms with Crippen molar-refractivity contribution >= 4 is 25.7 Å². The molecule has 388 valence electrons. The predicted molar refractivity (Wildman–Crippen MR) is 276 cm³/mol. The van der Waals surface area contributed by atoms with E-state index in [1.807, 2.05) is 0 Å². The van der Waals surface area contributed by atoms with Crippen LogP contribution in [-0.4, -0.2) is 55.2 Å². The van der Waals surface area contributed by atoms with E-state index < -0.39 is 32.5 Å². The first-order valence-electron chi connectivity index (χ1n) is 27.8. The number of hydrogen-bond donors (Lipinski definition) is 2. The standard InChI is InChI=1S/C55H104NO9P/c1-4-7-10-13-16-19-22-24-26-28-31-34-37-40-43-46-54(58)62-50-52(65-55(59)47-44-41-38-35-32-29-27-25-23-20-17-14-11-8-5-2)51-64-66(60,61)63-49-48-56-53(57)45-42-39-36-33-30-21-18-15-12-9-6-3/h24-27,52H,4-23,28-51H2,1-3H3,(H,56,57)(H,60,61)/b26-24-,27-25-/t52-/m1/s1. The molecular weight excluding hydrogens is 850 g/mol. The van der Waals surface area contributed by atoms with Crippen molar-refractivity contribution in [3.63, 3.8) is 0 Å². The number of unbranched alkanes of at least 4 members (excludes halogenated alkanes) is 32. The first-order chi connectivity index (χ1) is 32.2. The van der Waals surface area contributed by atoms with Gasteiger partial charge in [0.25, 0.3) is 0 Å². The molecule has 10 nitrogen and oxygen atoms in total. The normalized spacial score (nSPS) is 13.1. The number of hydrogen-bond acceptors (Lipinski definition) is 8. The van der Waals surface area contributed by atoms with Crippen molar-refractivity contribution in [3.8, 4) is 0 Å². The second-order valence-corrected chi connectivity index (χ2v) is 20.1. The van der Waals surface area contributed by atoms with Crippen LogP contribution < -0.4 is 5.32 Å². The minimum Gasteiger partial charge on any atom is -0.462 e. The van der Waals surface area contributed by atoms with Gasteiger partial charge < -0.3 is 19.7 Å². The van der Waals surface area contributed by atoms with Gasteiger partial charge in [0.2, 0.25) is 5.91 Å². The molecule has 0 heterocycles. The van der Waals surface area contributed by atoms with Crippen molar-refractivity contribution in [1.29, 1.82) is 0 Å². The van der Waals surface area contributed by atoms with Crippen molar-refractivity contribution in [2.45, 2.75) is 284 Å². The molecule has 0 aliphatic rings. The Morgan fingerprint density at radius 1 is 0.455 bits per heavy atom. The smallest absolute Gasteiger partial charge is 0.462 e. The number of amides is 1. The fraction of sp³-hybridized carbons (Fsp3) is 0.873. The number of phosphoric ester groups is 1. The Morgan fingerprint density at radius 2 is 0.803 bits per heavy atom. The summed E-state index contributed by atoms with van der Waals surface area (Å²) in [6.07, 6.45) is 52.5. The minimum atomic E-state index is -4.54. The lowest BCUT2D eigenvalue weighted by Gasteiger charge is -2.20. The highest BCUT2D eigenvalue weighted by Crippen LogP contribution is 2.43. The van der Waals surface area contributed by atoms with Gasteiger partial charge in [-0.15, -0.1) is 0 Å². The van der Waals surface area contributed by atoms with Crippen LogP contribution in [0.3, 0.4) is 0 Å². The van der Waals surface area contributed by atoms with Gasteiger partial charge in [0.05, 0.1) is 13.2 Å². The van der Waals surface area contributed by atoms with Gasteiger partial charge in [-0.3, -0.25) is 23.4 Å². The zero-order valence-electron chi connectivity index (χ0n) is 43.2. The number of esters is 2. The molecule has 1 unspecified atom stereocenters. The summed E-state index contributed by atoms with van der Waals surface area (Å²) in [5, 5.41) is 2.73. The Balaban J connectivity index is 4.55. The molecule has 11 heteroatoms. The highest BCUT2D eigenvalue weighted by atomic mass is 31.2. The van der Waals surface area contributed by atoms with Crippen molar-refractivity contribution in [2.75, 3.05) is 26.4 Å². The molecule has 0 aromatic carbocycles. The Bertz CT molecular complexity index is 1190. The van der Waals surface area contributed by atoms with E-state index >= 15 is 0 Å². The maximum atomic E-state index is 12.8. The lowest BCUT2D eigenvalue weighted by Crippen LogP contribution is -2.30. The van der Waals surface area contributed by atoms with E-state index in [2.05, 4.69) is 50.4 Å². The number of allylic oxidation sites excluding steroid dienone is 4. The summed E-state index contributed by atoms with van der Waals surface area (Å²) in [6, 6.07) is 0. The topological polar surface area (TPSA) is 137 Å². The summed E-state index contributed by atoms with van der Waals surface area (Å²) in [5.41, 5.74) is 0. The Kier molecular flexibility index (Phi) is 49.3. The summed E-state index contributed by atoms with van der Waals surface area (Å²) in [6.45, 7) is 5.82. The molecule has 0 spiro atoms. The molecule has 1 amide bonds. The number of ether oxygens (including phenoxy) is 2. The second kappa shape index (κ2) is 50.9. The van der Waals surface area contributed by atoms with E-state index in [1.165, 1.54) is 141 Å². The quantitative estimate of drug-likeness (QED) is 0.0264. The number of phosphoric acid groups is 1. The predicted octanol–water partition coefficient (Wildman–Crippen LogP) is 16.5. The van der Waals surface area contributed by atoms with E-state index in [0.717, 1.165) is 83.5 Å². The highest BCUT2D eigenvalue weighted by Gasteiger charge is 2.26. The van der Waals surface area contributed by atoms with E-state index in [4.69, 9.17) is 18.5 Å². The third-order valence-electron chi connectivity index (χ3n) is 12.1. The fourth-order valence-corrected chi connectivity index (χ4v) is 8.65. The van der Waals surface area contributed by atoms with E-state index in [9.17, 15) is 23.8 Å². The molecule has 0 rings (SSSR count). The largest absolute Gasteiger partial charge is 0.472 e. The molecule has 0 aromatic rings. The van der Waals surface area contributed by atoms with Crippen molar-refractivity contribution in [2.24, 2.45) is 0 Å². The van der Waals surface area contributed by atoms with Crippen LogP contribution in [0.5, 0.6) is 0 Å². The first kappa shape index (κ1) is 64.0. The molecule has 0 fully saturated rings. The third kappa shape index (κ3) is 49.9. The fourth-order valence-electron chi connectivity index (χ4n) is 7.90. The molecule has 0 radical (unpaired) electrons. The summed E-state index contributed by atoms with van der Waals surface area (Å²) >= 11 is 0. The van der Waals surface area contributed by atoms with Gasteiger partial charge in [0.15, 0.2) is 6.10 Å². The zero-order valence-corrected chi connectivity index (χ0v) is 44.1. The van der Waals surface area contributed by atoms with Gasteiger partial charge in [0, 0.05) is 25.8 Å². The molecule has 0 bridgehead atoms. The molecule has 0 saturated carbocycles. The van der Waals surface area contributed by atoms with Crippen LogP contribution in [0.2, 0.25) is 0 Å². The molecular formula is C55H104NO9P. The van der Waals surface area contributed by atoms with Gasteiger partial charge in [-0.2, -0.15) is 0 Å². The number of carbonyl (C=O) groups excluding carboxylic acids is 3. The number of rotatable bonds is 52. The number of carbonyl (C=O) groups is 3. The highest BCUT2D eigenvalue weighted by molar-refractivity contribution is 7.47. The Morgan fingerprint density at radius 3 is 1.21 bits per heavy atom. The van der Waals surface area contributed by atoms with Crippen molar-refractivity contribution < 1.29 is 42.4 Å². The molecule has 0 aliphatic heterocycles. The molecule has 2 atom stereocenters. The summed E-state index contributed by atoms with van der Waals surface area (Å²) < 4.78 is 34.0. The van der Waals surface area contributed by atoms with Crippen molar-refractivity contribution in [1.82, 2.24) is 5.32 Å².